The van der Waals surface area contributed by atoms with E-state index in [2.05, 4.69) is 4.98 Å². The van der Waals surface area contributed by atoms with Crippen LogP contribution in [0.15, 0.2) is 30.3 Å². The van der Waals surface area contributed by atoms with Gasteiger partial charge in [-0.25, -0.2) is 9.78 Å². The third-order valence-corrected chi connectivity index (χ3v) is 2.98. The van der Waals surface area contributed by atoms with Gasteiger partial charge in [-0.2, -0.15) is 0 Å². The number of nitrogens with zero attached hydrogens (tertiary/aromatic N) is 1. The Morgan fingerprint density at radius 1 is 1.33 bits per heavy atom. The smallest absolute Gasteiger partial charge is 0.349 e. The van der Waals surface area contributed by atoms with E-state index in [9.17, 15) is 4.79 Å². The van der Waals surface area contributed by atoms with E-state index in [1.807, 2.05) is 30.3 Å². The van der Waals surface area contributed by atoms with Crippen molar-refractivity contribution < 1.29 is 9.90 Å². The van der Waals surface area contributed by atoms with Crippen molar-refractivity contribution in [1.82, 2.24) is 4.98 Å². The number of aromatic nitrogens is 1. The Morgan fingerprint density at radius 3 is 2.53 bits per heavy atom. The minimum Gasteiger partial charge on any atom is -0.477 e. The molecule has 5 heteroatoms. The van der Waals surface area contributed by atoms with Gasteiger partial charge in [0.15, 0.2) is 4.88 Å². The molecule has 0 radical (unpaired) electrons. The Balaban J connectivity index is 2.48. The molecule has 2 rings (SSSR count). The van der Waals surface area contributed by atoms with E-state index in [0.717, 1.165) is 16.9 Å². The molecule has 0 fully saturated rings. The molecule has 0 saturated carbocycles. The lowest BCUT2D eigenvalue weighted by molar-refractivity contribution is 0.0703. The van der Waals surface area contributed by atoms with Crippen LogP contribution in [0.5, 0.6) is 0 Å². The Morgan fingerprint density at radius 2 is 2.00 bits per heavy atom. The molecular weight excluding hydrogens is 212 g/mol. The number of benzene rings is 1. The molecule has 4 nitrogen and oxygen atoms in total. The zero-order chi connectivity index (χ0) is 10.8. The average Bonchev–Trinajstić information content (AvgIpc) is 2.62. The van der Waals surface area contributed by atoms with E-state index in [0.29, 0.717) is 5.01 Å². The molecule has 0 aliphatic rings. The van der Waals surface area contributed by atoms with E-state index in [1.54, 1.807) is 0 Å². The highest BCUT2D eigenvalue weighted by atomic mass is 32.1. The fourth-order valence-corrected chi connectivity index (χ4v) is 2.02. The molecule has 1 aromatic carbocycles. The van der Waals surface area contributed by atoms with Gasteiger partial charge < -0.3 is 10.8 Å². The highest BCUT2D eigenvalue weighted by Gasteiger charge is 2.15. The van der Waals surface area contributed by atoms with Crippen LogP contribution >= 0.6 is 11.3 Å². The van der Waals surface area contributed by atoms with Crippen molar-refractivity contribution in [2.24, 2.45) is 0 Å². The number of hydrogen-bond acceptors (Lipinski definition) is 4. The highest BCUT2D eigenvalue weighted by molar-refractivity contribution is 7.17. The van der Waals surface area contributed by atoms with Crippen LogP contribution in [0.3, 0.4) is 0 Å². The van der Waals surface area contributed by atoms with Crippen molar-refractivity contribution in [3.05, 3.63) is 35.2 Å². The van der Waals surface area contributed by atoms with Gasteiger partial charge in [-0.1, -0.05) is 30.3 Å². The quantitative estimate of drug-likeness (QED) is 0.812. The van der Waals surface area contributed by atoms with Gasteiger partial charge in [-0.15, -0.1) is 11.3 Å². The van der Waals surface area contributed by atoms with Crippen LogP contribution in [0.4, 0.5) is 5.82 Å². The number of carboxylic acid groups (broad SMARTS) is 1. The first-order valence-corrected chi connectivity index (χ1v) is 5.05. The van der Waals surface area contributed by atoms with Gasteiger partial charge >= 0.3 is 5.97 Å². The zero-order valence-corrected chi connectivity index (χ0v) is 8.49. The van der Waals surface area contributed by atoms with Gasteiger partial charge in [-0.05, 0) is 0 Å². The number of nitrogen functional groups attached to an aromatic ring is 1. The van der Waals surface area contributed by atoms with Crippen LogP contribution in [0, 0.1) is 0 Å². The van der Waals surface area contributed by atoms with Crippen LogP contribution in [-0.4, -0.2) is 16.1 Å². The third kappa shape index (κ3) is 1.82. The molecule has 0 aliphatic heterocycles. The van der Waals surface area contributed by atoms with Crippen molar-refractivity contribution in [2.75, 3.05) is 5.73 Å². The van der Waals surface area contributed by atoms with E-state index >= 15 is 0 Å². The summed E-state index contributed by atoms with van der Waals surface area (Å²) in [5, 5.41) is 9.45. The predicted molar refractivity (Wildman–Crippen MR) is 58.9 cm³/mol. The van der Waals surface area contributed by atoms with Crippen LogP contribution in [0.1, 0.15) is 9.67 Å². The SMILES string of the molecule is Nc1nc(-c2ccccc2)sc1C(=O)O. The maximum absolute atomic E-state index is 10.8. The van der Waals surface area contributed by atoms with Crippen LogP contribution in [-0.2, 0) is 0 Å². The number of carbonyl (C=O) groups is 1. The molecule has 0 amide bonds. The monoisotopic (exact) mass is 220 g/mol. The van der Waals surface area contributed by atoms with Crippen LogP contribution < -0.4 is 5.73 Å². The van der Waals surface area contributed by atoms with Gasteiger partial charge in [0.05, 0.1) is 0 Å². The first-order valence-electron chi connectivity index (χ1n) is 4.23. The summed E-state index contributed by atoms with van der Waals surface area (Å²) in [4.78, 5) is 14.9. The molecule has 2 aromatic rings. The first kappa shape index (κ1) is 9.67. The lowest BCUT2D eigenvalue weighted by Gasteiger charge is -1.92. The fraction of sp³-hybridized carbons (Fsp3) is 0. The molecule has 15 heavy (non-hydrogen) atoms. The van der Waals surface area contributed by atoms with Crippen LogP contribution in [0.25, 0.3) is 10.6 Å². The molecule has 3 N–H and O–H groups in total. The lowest BCUT2D eigenvalue weighted by atomic mass is 10.2. The Bertz CT molecular complexity index is 493. The summed E-state index contributed by atoms with van der Waals surface area (Å²) < 4.78 is 0. The van der Waals surface area contributed by atoms with Gasteiger partial charge in [-0.3, -0.25) is 0 Å². The van der Waals surface area contributed by atoms with Gasteiger partial charge in [0.1, 0.15) is 10.8 Å². The molecule has 1 aromatic heterocycles. The number of aromatic carboxylic acids is 1. The normalized spacial score (nSPS) is 10.1. The molecule has 76 valence electrons. The van der Waals surface area contributed by atoms with Crippen molar-refractivity contribution in [2.45, 2.75) is 0 Å². The second kappa shape index (κ2) is 3.70. The number of anilines is 1. The number of carboxylic acids is 1. The summed E-state index contributed by atoms with van der Waals surface area (Å²) in [6, 6.07) is 9.35. The number of hydrogen-bond donors (Lipinski definition) is 2. The van der Waals surface area contributed by atoms with Gasteiger partial charge in [0.25, 0.3) is 0 Å². The summed E-state index contributed by atoms with van der Waals surface area (Å²) in [7, 11) is 0. The molecule has 0 bridgehead atoms. The van der Waals surface area contributed by atoms with Crippen molar-refractivity contribution in [1.29, 1.82) is 0 Å². The van der Waals surface area contributed by atoms with E-state index in [4.69, 9.17) is 10.8 Å². The Hall–Kier alpha value is -1.88. The second-order valence-electron chi connectivity index (χ2n) is 2.90. The van der Waals surface area contributed by atoms with E-state index in [1.165, 1.54) is 0 Å². The molecule has 0 unspecified atom stereocenters. The van der Waals surface area contributed by atoms with Gasteiger partial charge in [0.2, 0.25) is 0 Å². The minimum absolute atomic E-state index is 0.0753. The minimum atomic E-state index is -1.04. The molecule has 0 atom stereocenters. The topological polar surface area (TPSA) is 76.2 Å². The zero-order valence-electron chi connectivity index (χ0n) is 7.68. The predicted octanol–water partition coefficient (Wildman–Crippen LogP) is 2.09. The van der Waals surface area contributed by atoms with Crippen LogP contribution in [0.2, 0.25) is 0 Å². The third-order valence-electron chi connectivity index (χ3n) is 1.87. The van der Waals surface area contributed by atoms with E-state index < -0.39 is 5.97 Å². The summed E-state index contributed by atoms with van der Waals surface area (Å²) in [6.45, 7) is 0. The van der Waals surface area contributed by atoms with E-state index in [-0.39, 0.29) is 10.7 Å². The second-order valence-corrected chi connectivity index (χ2v) is 3.90. The number of thiazole rings is 1. The summed E-state index contributed by atoms with van der Waals surface area (Å²) in [6.07, 6.45) is 0. The summed E-state index contributed by atoms with van der Waals surface area (Å²) >= 11 is 1.09. The maximum atomic E-state index is 10.8. The van der Waals surface area contributed by atoms with Crippen molar-refractivity contribution >= 4 is 23.1 Å². The maximum Gasteiger partial charge on any atom is 0.349 e. The lowest BCUT2D eigenvalue weighted by Crippen LogP contribution is -1.97. The summed E-state index contributed by atoms with van der Waals surface area (Å²) in [5.41, 5.74) is 6.37. The summed E-state index contributed by atoms with van der Waals surface area (Å²) in [5.74, 6) is -0.960. The number of rotatable bonds is 2. The van der Waals surface area contributed by atoms with Crippen molar-refractivity contribution in [3.63, 3.8) is 0 Å². The average molecular weight is 220 g/mol. The van der Waals surface area contributed by atoms with Gasteiger partial charge in [0, 0.05) is 5.56 Å². The first-order chi connectivity index (χ1) is 7.18. The molecule has 1 heterocycles. The molecule has 0 aliphatic carbocycles. The standard InChI is InChI=1S/C10H8N2O2S/c11-8-7(10(13)14)15-9(12-8)6-4-2-1-3-5-6/h1-5H,11H2,(H,13,14). The highest BCUT2D eigenvalue weighted by Crippen LogP contribution is 2.29. The van der Waals surface area contributed by atoms with Crippen molar-refractivity contribution in [3.8, 4) is 10.6 Å². The molecule has 0 spiro atoms. The molecule has 0 saturated heterocycles. The molecular formula is C10H8N2O2S. The fourth-order valence-electron chi connectivity index (χ4n) is 1.19. The number of nitrogens with two attached hydrogens (primary N) is 1. The largest absolute Gasteiger partial charge is 0.477 e. The Kier molecular flexibility index (Phi) is 2.39. The Labute approximate surface area is 90.0 Å².